The largest absolute Gasteiger partial charge is 0.451 e. The van der Waals surface area contributed by atoms with Gasteiger partial charge in [-0.15, -0.1) is 0 Å². The summed E-state index contributed by atoms with van der Waals surface area (Å²) in [6.07, 6.45) is -0.609. The predicted molar refractivity (Wildman–Crippen MR) is 139 cm³/mol. The van der Waals surface area contributed by atoms with Crippen molar-refractivity contribution in [2.24, 2.45) is 5.92 Å². The standard InChI is InChI=1S/C30H30N2O4/c1-3-21(2)27(32-30(34)35-20-25-19-18-22-12-10-11-17-26(22)31-25)29(33)36-28(23-13-6-4-7-14-23)24-15-8-5-9-16-24/h4-19,21,27-28H,3,20H2,1-2H3,(H,32,34)/t21-,27-/m0/s1. The van der Waals surface area contributed by atoms with Crippen LogP contribution in [0, 0.1) is 5.92 Å². The van der Waals surface area contributed by atoms with Gasteiger partial charge in [0.15, 0.2) is 6.10 Å². The van der Waals surface area contributed by atoms with Crippen LogP contribution in [-0.4, -0.2) is 23.1 Å². The number of aromatic nitrogens is 1. The van der Waals surface area contributed by atoms with Crippen molar-refractivity contribution in [1.29, 1.82) is 0 Å². The number of benzene rings is 3. The number of carbonyl (C=O) groups excluding carboxylic acids is 2. The average molecular weight is 483 g/mol. The van der Waals surface area contributed by atoms with Gasteiger partial charge in [0.25, 0.3) is 0 Å². The fourth-order valence-electron chi connectivity index (χ4n) is 3.94. The van der Waals surface area contributed by atoms with E-state index in [1.807, 2.05) is 111 Å². The number of nitrogens with zero attached hydrogens (tertiary/aromatic N) is 1. The number of rotatable bonds is 9. The van der Waals surface area contributed by atoms with E-state index >= 15 is 0 Å². The van der Waals surface area contributed by atoms with Crippen LogP contribution in [0.25, 0.3) is 10.9 Å². The number of fused-ring (bicyclic) bond motifs is 1. The number of alkyl carbamates (subject to hydrolysis) is 1. The number of carbonyl (C=O) groups is 2. The van der Waals surface area contributed by atoms with Crippen molar-refractivity contribution in [3.05, 3.63) is 114 Å². The molecule has 4 aromatic rings. The van der Waals surface area contributed by atoms with Gasteiger partial charge in [-0.1, -0.05) is 105 Å². The van der Waals surface area contributed by atoms with Crippen LogP contribution in [0.5, 0.6) is 0 Å². The van der Waals surface area contributed by atoms with Gasteiger partial charge in [-0.3, -0.25) is 0 Å². The summed E-state index contributed by atoms with van der Waals surface area (Å²) in [6, 6.07) is 29.8. The van der Waals surface area contributed by atoms with Crippen LogP contribution in [-0.2, 0) is 20.9 Å². The van der Waals surface area contributed by atoms with Crippen LogP contribution in [0.3, 0.4) is 0 Å². The summed E-state index contributed by atoms with van der Waals surface area (Å²) >= 11 is 0. The molecule has 1 heterocycles. The topological polar surface area (TPSA) is 77.5 Å². The van der Waals surface area contributed by atoms with Crippen LogP contribution in [0.4, 0.5) is 4.79 Å². The van der Waals surface area contributed by atoms with Crippen LogP contribution < -0.4 is 5.32 Å². The molecule has 1 N–H and O–H groups in total. The lowest BCUT2D eigenvalue weighted by molar-refractivity contribution is -0.151. The Hall–Kier alpha value is -4.19. The van der Waals surface area contributed by atoms with Gasteiger partial charge < -0.3 is 14.8 Å². The maximum Gasteiger partial charge on any atom is 0.408 e. The molecule has 36 heavy (non-hydrogen) atoms. The lowest BCUT2D eigenvalue weighted by Crippen LogP contribution is -2.46. The monoisotopic (exact) mass is 482 g/mol. The summed E-state index contributed by atoms with van der Waals surface area (Å²) in [6.45, 7) is 3.86. The first kappa shape index (κ1) is 24.9. The van der Waals surface area contributed by atoms with E-state index in [0.717, 1.165) is 22.0 Å². The molecule has 1 aromatic heterocycles. The zero-order valence-corrected chi connectivity index (χ0v) is 20.5. The zero-order chi connectivity index (χ0) is 25.3. The van der Waals surface area contributed by atoms with Gasteiger partial charge in [0.1, 0.15) is 12.6 Å². The Morgan fingerprint density at radius 2 is 1.44 bits per heavy atom. The summed E-state index contributed by atoms with van der Waals surface area (Å²) in [5, 5.41) is 3.73. The smallest absolute Gasteiger partial charge is 0.408 e. The lowest BCUT2D eigenvalue weighted by atomic mass is 9.98. The highest BCUT2D eigenvalue weighted by Crippen LogP contribution is 2.27. The first-order valence-corrected chi connectivity index (χ1v) is 12.1. The summed E-state index contributed by atoms with van der Waals surface area (Å²) in [5.74, 6) is -0.668. The second kappa shape index (κ2) is 12.0. The summed E-state index contributed by atoms with van der Waals surface area (Å²) in [4.78, 5) is 30.5. The minimum Gasteiger partial charge on any atom is -0.451 e. The van der Waals surface area contributed by atoms with Crippen LogP contribution in [0.15, 0.2) is 97.1 Å². The Labute approximate surface area is 211 Å². The highest BCUT2D eigenvalue weighted by atomic mass is 16.6. The van der Waals surface area contributed by atoms with Gasteiger partial charge in [-0.05, 0) is 29.2 Å². The van der Waals surface area contributed by atoms with Gasteiger partial charge in [0.05, 0.1) is 11.2 Å². The molecular formula is C30H30N2O4. The van der Waals surface area contributed by atoms with Gasteiger partial charge in [-0.25, -0.2) is 14.6 Å². The minimum absolute atomic E-state index is 0.00437. The summed E-state index contributed by atoms with van der Waals surface area (Å²) < 4.78 is 11.4. The molecule has 0 saturated heterocycles. The minimum atomic E-state index is -0.859. The zero-order valence-electron chi connectivity index (χ0n) is 20.5. The first-order valence-electron chi connectivity index (χ1n) is 12.1. The van der Waals surface area contributed by atoms with Crippen molar-refractivity contribution < 1.29 is 19.1 Å². The number of esters is 1. The Bertz CT molecular complexity index is 1250. The molecule has 0 aliphatic heterocycles. The predicted octanol–water partition coefficient (Wildman–Crippen LogP) is 6.21. The molecule has 6 nitrogen and oxygen atoms in total. The molecular weight excluding hydrogens is 452 g/mol. The molecule has 6 heteroatoms. The Morgan fingerprint density at radius 1 is 0.833 bits per heavy atom. The molecule has 0 radical (unpaired) electrons. The molecule has 0 fully saturated rings. The Kier molecular flexibility index (Phi) is 8.29. The van der Waals surface area contributed by atoms with Crippen LogP contribution >= 0.6 is 0 Å². The molecule has 0 aliphatic carbocycles. The molecule has 184 valence electrons. The third kappa shape index (κ3) is 6.27. The van der Waals surface area contributed by atoms with Crippen molar-refractivity contribution >= 4 is 23.0 Å². The molecule has 3 aromatic carbocycles. The summed E-state index contributed by atoms with van der Waals surface area (Å²) in [7, 11) is 0. The van der Waals surface area contributed by atoms with Gasteiger partial charge in [0.2, 0.25) is 0 Å². The normalized spacial score (nSPS) is 12.6. The quantitative estimate of drug-likeness (QED) is 0.287. The molecule has 2 atom stereocenters. The number of pyridine rings is 1. The third-order valence-electron chi connectivity index (χ3n) is 6.19. The average Bonchev–Trinajstić information content (AvgIpc) is 2.93. The van der Waals surface area contributed by atoms with Crippen molar-refractivity contribution in [3.8, 4) is 0 Å². The second-order valence-electron chi connectivity index (χ2n) is 8.72. The lowest BCUT2D eigenvalue weighted by Gasteiger charge is -2.26. The number of hydrogen-bond acceptors (Lipinski definition) is 5. The molecule has 1 amide bonds. The number of para-hydroxylation sites is 1. The highest BCUT2D eigenvalue weighted by Gasteiger charge is 2.31. The molecule has 0 aliphatic rings. The summed E-state index contributed by atoms with van der Waals surface area (Å²) in [5.41, 5.74) is 3.16. The van der Waals surface area contributed by atoms with Gasteiger partial charge in [-0.2, -0.15) is 0 Å². The van der Waals surface area contributed by atoms with E-state index in [0.29, 0.717) is 12.1 Å². The van der Waals surface area contributed by atoms with Crippen LogP contribution in [0.2, 0.25) is 0 Å². The highest BCUT2D eigenvalue weighted by molar-refractivity contribution is 5.82. The van der Waals surface area contributed by atoms with E-state index in [1.54, 1.807) is 0 Å². The van der Waals surface area contributed by atoms with Crippen molar-refractivity contribution in [2.45, 2.75) is 39.0 Å². The van der Waals surface area contributed by atoms with E-state index in [4.69, 9.17) is 9.47 Å². The van der Waals surface area contributed by atoms with Gasteiger partial charge in [0, 0.05) is 5.39 Å². The molecule has 0 spiro atoms. The maximum atomic E-state index is 13.4. The Morgan fingerprint density at radius 3 is 2.08 bits per heavy atom. The van der Waals surface area contributed by atoms with Crippen molar-refractivity contribution in [1.82, 2.24) is 10.3 Å². The third-order valence-corrected chi connectivity index (χ3v) is 6.19. The van der Waals surface area contributed by atoms with Crippen molar-refractivity contribution in [3.63, 3.8) is 0 Å². The second-order valence-corrected chi connectivity index (χ2v) is 8.72. The number of amides is 1. The van der Waals surface area contributed by atoms with E-state index < -0.39 is 24.2 Å². The molecule has 0 bridgehead atoms. The number of ether oxygens (including phenoxy) is 2. The number of nitrogens with one attached hydrogen (secondary N) is 1. The Balaban J connectivity index is 1.45. The van der Waals surface area contributed by atoms with E-state index in [-0.39, 0.29) is 12.5 Å². The number of hydrogen-bond donors (Lipinski definition) is 1. The SMILES string of the molecule is CC[C@H](C)[C@H](NC(=O)OCc1ccc2ccccc2n1)C(=O)OC(c1ccccc1)c1ccccc1. The van der Waals surface area contributed by atoms with Crippen LogP contribution in [0.1, 0.15) is 43.2 Å². The van der Waals surface area contributed by atoms with Gasteiger partial charge >= 0.3 is 12.1 Å². The molecule has 0 saturated carbocycles. The fourth-order valence-corrected chi connectivity index (χ4v) is 3.94. The fraction of sp³-hybridized carbons (Fsp3) is 0.233. The molecule has 0 unspecified atom stereocenters. The van der Waals surface area contributed by atoms with E-state index in [1.165, 1.54) is 0 Å². The maximum absolute atomic E-state index is 13.4. The van der Waals surface area contributed by atoms with E-state index in [2.05, 4.69) is 10.3 Å². The first-order chi connectivity index (χ1) is 17.5. The van der Waals surface area contributed by atoms with Crippen molar-refractivity contribution in [2.75, 3.05) is 0 Å². The molecule has 4 rings (SSSR count). The van der Waals surface area contributed by atoms with E-state index in [9.17, 15) is 9.59 Å².